The molecule has 0 saturated heterocycles. The fourth-order valence-electron chi connectivity index (χ4n) is 3.05. The van der Waals surface area contributed by atoms with Crippen LogP contribution in [-0.2, 0) is 25.5 Å². The van der Waals surface area contributed by atoms with Crippen molar-refractivity contribution in [2.24, 2.45) is 5.84 Å². The van der Waals surface area contributed by atoms with Gasteiger partial charge < -0.3 is 0 Å². The topological polar surface area (TPSA) is 92.9 Å². The number of hydrogen-bond acceptors (Lipinski definition) is 5. The predicted octanol–water partition coefficient (Wildman–Crippen LogP) is 1.27. The first-order valence-corrected chi connectivity index (χ1v) is 10.3. The molecule has 0 aliphatic carbocycles. The number of aryl methyl sites for hydroxylation is 1. The minimum atomic E-state index is -3.14. The van der Waals surface area contributed by atoms with Gasteiger partial charge in [0.1, 0.15) is 0 Å². The molecule has 7 nitrogen and oxygen atoms in total. The summed E-state index contributed by atoms with van der Waals surface area (Å²) in [5.74, 6) is 4.53. The average Bonchev–Trinajstić information content (AvgIpc) is 2.71. The van der Waals surface area contributed by atoms with E-state index >= 15 is 0 Å². The predicted molar refractivity (Wildman–Crippen MR) is 108 cm³/mol. The summed E-state index contributed by atoms with van der Waals surface area (Å²) in [5.41, 5.74) is 2.10. The third-order valence-electron chi connectivity index (χ3n) is 4.57. The number of nitrogens with zero attached hydrogens (tertiary/aromatic N) is 2. The Morgan fingerprint density at radius 1 is 1.25 bits per heavy atom. The van der Waals surface area contributed by atoms with Gasteiger partial charge in [-0.1, -0.05) is 6.07 Å². The van der Waals surface area contributed by atoms with Gasteiger partial charge in [0, 0.05) is 0 Å². The average molecular weight is 398 g/mol. The quantitative estimate of drug-likeness (QED) is 0.354. The van der Waals surface area contributed by atoms with Crippen LogP contribution >= 0.6 is 0 Å². The number of carbonyl (C=O) groups excluding carboxylic acids is 2. The zero-order valence-corrected chi connectivity index (χ0v) is 16.4. The van der Waals surface area contributed by atoms with Gasteiger partial charge in [-0.2, -0.15) is 0 Å². The van der Waals surface area contributed by atoms with Gasteiger partial charge in [-0.15, -0.1) is 0 Å². The summed E-state index contributed by atoms with van der Waals surface area (Å²) in [7, 11) is -1.76. The molecule has 0 aromatic heterocycles. The van der Waals surface area contributed by atoms with Crippen molar-refractivity contribution in [1.82, 2.24) is 4.41 Å². The first-order chi connectivity index (χ1) is 13.3. The van der Waals surface area contributed by atoms with Crippen molar-refractivity contribution in [3.63, 3.8) is 0 Å². The van der Waals surface area contributed by atoms with Crippen LogP contribution in [0.2, 0.25) is 0 Å². The number of fused-ring (bicyclic) bond motifs is 1. The first kappa shape index (κ1) is 20.3. The molecule has 28 heavy (non-hydrogen) atoms. The van der Waals surface area contributed by atoms with Gasteiger partial charge >= 0.3 is 159 Å². The summed E-state index contributed by atoms with van der Waals surface area (Å²) < 4.78 is 18.5. The molecule has 0 spiro atoms. The van der Waals surface area contributed by atoms with Crippen molar-refractivity contribution in [3.8, 4) is 0 Å². The van der Waals surface area contributed by atoms with E-state index < -0.39 is 15.5 Å². The van der Waals surface area contributed by atoms with E-state index in [-0.39, 0.29) is 23.0 Å². The zero-order chi connectivity index (χ0) is 20.3. The van der Waals surface area contributed by atoms with Gasteiger partial charge in [-0.3, -0.25) is 0 Å². The maximum absolute atomic E-state index is 12.6. The van der Waals surface area contributed by atoms with Gasteiger partial charge in [0.15, 0.2) is 0 Å². The summed E-state index contributed by atoms with van der Waals surface area (Å²) in [4.78, 5) is 26.8. The van der Waals surface area contributed by atoms with Crippen molar-refractivity contribution in [2.45, 2.75) is 17.7 Å². The molecule has 0 bridgehead atoms. The number of para-hydroxylation sites is 1. The molecule has 2 aromatic carbocycles. The molecular formula is C19H21BN3O4S. The normalized spacial score (nSPS) is 15.6. The Morgan fingerprint density at radius 3 is 2.75 bits per heavy atom. The van der Waals surface area contributed by atoms with Gasteiger partial charge in [-0.05, 0) is 0 Å². The van der Waals surface area contributed by atoms with Crippen LogP contribution in [0.15, 0.2) is 53.4 Å². The monoisotopic (exact) mass is 398 g/mol. The Balaban J connectivity index is 1.69. The second kappa shape index (κ2) is 8.26. The molecule has 1 radical (unpaired) electrons. The first-order valence-electron chi connectivity index (χ1n) is 8.76. The van der Waals surface area contributed by atoms with Crippen molar-refractivity contribution in [2.75, 3.05) is 25.1 Å². The number of anilines is 1. The van der Waals surface area contributed by atoms with E-state index in [1.54, 1.807) is 4.90 Å². The van der Waals surface area contributed by atoms with Gasteiger partial charge in [0.25, 0.3) is 0 Å². The SMILES string of the molecule is [B]=S(=O)(c1cccc(C(=O)OCC(=O)N2CCCc3ccccc32)c1)N(C)N. The Labute approximate surface area is 165 Å². The molecular weight excluding hydrogens is 377 g/mol. The van der Waals surface area contributed by atoms with Crippen molar-refractivity contribution < 1.29 is 18.5 Å². The van der Waals surface area contributed by atoms with E-state index in [1.165, 1.54) is 31.3 Å². The molecule has 1 atom stereocenters. The number of carbonyl (C=O) groups is 2. The maximum atomic E-state index is 12.6. The summed E-state index contributed by atoms with van der Waals surface area (Å²) >= 11 is 0. The van der Waals surface area contributed by atoms with E-state index in [4.69, 9.17) is 17.3 Å². The van der Waals surface area contributed by atoms with E-state index in [0.29, 0.717) is 6.54 Å². The van der Waals surface area contributed by atoms with Gasteiger partial charge in [0.05, 0.1) is 0 Å². The number of benzene rings is 2. The minimum absolute atomic E-state index is 0.143. The van der Waals surface area contributed by atoms with E-state index in [9.17, 15) is 13.8 Å². The van der Waals surface area contributed by atoms with Crippen LogP contribution in [0.3, 0.4) is 0 Å². The molecule has 1 aliphatic rings. The number of esters is 1. The van der Waals surface area contributed by atoms with E-state index in [1.807, 2.05) is 24.3 Å². The Bertz CT molecular complexity index is 1010. The molecule has 0 fully saturated rings. The van der Waals surface area contributed by atoms with Crippen LogP contribution in [0.5, 0.6) is 0 Å². The van der Waals surface area contributed by atoms with Crippen LogP contribution in [0, 0.1) is 0 Å². The summed E-state index contributed by atoms with van der Waals surface area (Å²) in [6, 6.07) is 13.6. The van der Waals surface area contributed by atoms with Crippen LogP contribution in [-0.4, -0.2) is 47.4 Å². The molecule has 145 valence electrons. The fraction of sp³-hybridized carbons (Fsp3) is 0.263. The van der Waals surface area contributed by atoms with Crippen LogP contribution in [0.25, 0.3) is 0 Å². The molecule has 1 aliphatic heterocycles. The number of amides is 1. The van der Waals surface area contributed by atoms with Crippen LogP contribution in [0.4, 0.5) is 5.69 Å². The van der Waals surface area contributed by atoms with Crippen LogP contribution < -0.4 is 10.7 Å². The number of hydrazine groups is 1. The molecule has 0 saturated carbocycles. The van der Waals surface area contributed by atoms with Crippen LogP contribution in [0.1, 0.15) is 22.3 Å². The Kier molecular flexibility index (Phi) is 5.97. The second-order valence-electron chi connectivity index (χ2n) is 6.50. The molecule has 1 unspecified atom stereocenters. The molecule has 3 rings (SSSR count). The Morgan fingerprint density at radius 2 is 2.00 bits per heavy atom. The standard InChI is InChI=1S/C19H21BN3O4S/c1-22(21)28(20,26)16-9-4-7-15(12-16)19(25)27-13-18(24)23-11-5-8-14-6-2-3-10-17(14)23/h2-4,6-7,9-10,12H,5,8,11,13,21H2,1H3. The van der Waals surface area contributed by atoms with Crippen molar-refractivity contribution >= 4 is 33.8 Å². The number of nitrogens with two attached hydrogens (primary N) is 1. The molecule has 2 N–H and O–H groups in total. The zero-order valence-electron chi connectivity index (χ0n) is 15.5. The van der Waals surface area contributed by atoms with E-state index in [0.717, 1.165) is 28.5 Å². The van der Waals surface area contributed by atoms with Crippen molar-refractivity contribution in [1.29, 1.82) is 0 Å². The fourth-order valence-corrected chi connectivity index (χ4v) is 3.95. The number of ether oxygens (including phenoxy) is 1. The van der Waals surface area contributed by atoms with Gasteiger partial charge in [0.2, 0.25) is 0 Å². The third-order valence-corrected chi connectivity index (χ3v) is 6.36. The summed E-state index contributed by atoms with van der Waals surface area (Å²) in [5, 5.41) is 0. The molecule has 1 heterocycles. The van der Waals surface area contributed by atoms with Crippen molar-refractivity contribution in [3.05, 3.63) is 59.7 Å². The molecule has 2 aromatic rings. The number of rotatable bonds is 5. The van der Waals surface area contributed by atoms with Gasteiger partial charge in [-0.25, -0.2) is 0 Å². The van der Waals surface area contributed by atoms with E-state index in [2.05, 4.69) is 0 Å². The molecule has 1 amide bonds. The molecule has 9 heteroatoms. The summed E-state index contributed by atoms with van der Waals surface area (Å²) in [6.45, 7) is 5.93. The number of hydrogen-bond donors (Lipinski definition) is 1. The second-order valence-corrected chi connectivity index (χ2v) is 8.68. The summed E-state index contributed by atoms with van der Waals surface area (Å²) in [6.07, 6.45) is 1.77. The Hall–Kier alpha value is -2.49. The third kappa shape index (κ3) is 4.16.